The van der Waals surface area contributed by atoms with E-state index in [2.05, 4.69) is 49.6 Å². The first-order valence-electron chi connectivity index (χ1n) is 5.76. The van der Waals surface area contributed by atoms with Gasteiger partial charge in [-0.2, -0.15) is 0 Å². The van der Waals surface area contributed by atoms with E-state index in [9.17, 15) is 0 Å². The minimum absolute atomic E-state index is 0.505. The number of ether oxygens (including phenoxy) is 1. The third-order valence-corrected chi connectivity index (χ3v) is 3.29. The summed E-state index contributed by atoms with van der Waals surface area (Å²) < 4.78 is 6.66. The quantitative estimate of drug-likeness (QED) is 0.893. The van der Waals surface area contributed by atoms with E-state index < -0.39 is 0 Å². The van der Waals surface area contributed by atoms with Crippen LogP contribution in [0.15, 0.2) is 28.7 Å². The third-order valence-electron chi connectivity index (χ3n) is 2.56. The van der Waals surface area contributed by atoms with Gasteiger partial charge in [0.05, 0.1) is 0 Å². The number of nitrogens with zero attached hydrogens (tertiary/aromatic N) is 1. The Morgan fingerprint density at radius 3 is 2.83 bits per heavy atom. The first-order valence-corrected chi connectivity index (χ1v) is 6.55. The molecule has 18 heavy (non-hydrogen) atoms. The normalized spacial score (nSPS) is 10.6. The molecular weight excluding hydrogens is 294 g/mol. The lowest BCUT2D eigenvalue weighted by Crippen LogP contribution is -2.05. The minimum Gasteiger partial charge on any atom is -0.472 e. The van der Waals surface area contributed by atoms with Crippen molar-refractivity contribution in [1.82, 2.24) is 15.5 Å². The van der Waals surface area contributed by atoms with Gasteiger partial charge in [-0.05, 0) is 25.6 Å². The molecule has 2 aromatic rings. The Bertz CT molecular complexity index is 525. The Hall–Kier alpha value is -1.33. The molecule has 0 bridgehead atoms. The van der Waals surface area contributed by atoms with Crippen LogP contribution in [0, 0.1) is 6.92 Å². The number of hydrogen-bond acceptors (Lipinski definition) is 3. The highest BCUT2D eigenvalue weighted by atomic mass is 79.9. The van der Waals surface area contributed by atoms with Crippen LogP contribution < -0.4 is 10.1 Å². The molecule has 4 nitrogen and oxygen atoms in total. The first kappa shape index (κ1) is 13.1. The number of halogens is 1. The van der Waals surface area contributed by atoms with Crippen molar-refractivity contribution < 1.29 is 4.74 Å². The molecule has 2 N–H and O–H groups in total. The Balaban J connectivity index is 2.01. The van der Waals surface area contributed by atoms with E-state index in [1.807, 2.05) is 20.0 Å². The van der Waals surface area contributed by atoms with Gasteiger partial charge in [-0.15, -0.1) is 5.10 Å². The zero-order valence-corrected chi connectivity index (χ0v) is 12.0. The Labute approximate surface area is 115 Å². The zero-order chi connectivity index (χ0) is 13.0. The number of H-pyrrole nitrogens is 1. The number of benzene rings is 1. The van der Waals surface area contributed by atoms with Gasteiger partial charge in [0.2, 0.25) is 5.88 Å². The SMILES string of the molecule is CNCc1ccc(COc2cc(C)[nH]n2)c(Br)c1. The summed E-state index contributed by atoms with van der Waals surface area (Å²) in [5.41, 5.74) is 3.34. The molecule has 0 atom stereocenters. The van der Waals surface area contributed by atoms with Crippen molar-refractivity contribution in [3.63, 3.8) is 0 Å². The Morgan fingerprint density at radius 2 is 2.22 bits per heavy atom. The predicted molar refractivity (Wildman–Crippen MR) is 74.6 cm³/mol. The van der Waals surface area contributed by atoms with Gasteiger partial charge in [-0.1, -0.05) is 28.1 Å². The molecule has 0 fully saturated rings. The van der Waals surface area contributed by atoms with E-state index in [0.717, 1.165) is 22.3 Å². The summed E-state index contributed by atoms with van der Waals surface area (Å²) in [6.45, 7) is 3.31. The summed E-state index contributed by atoms with van der Waals surface area (Å²) in [6.07, 6.45) is 0. The van der Waals surface area contributed by atoms with Gasteiger partial charge < -0.3 is 10.1 Å². The molecule has 0 aliphatic heterocycles. The van der Waals surface area contributed by atoms with Crippen LogP contribution in [-0.2, 0) is 13.2 Å². The lowest BCUT2D eigenvalue weighted by molar-refractivity contribution is 0.292. The van der Waals surface area contributed by atoms with Gasteiger partial charge in [0.1, 0.15) is 6.61 Å². The van der Waals surface area contributed by atoms with E-state index in [4.69, 9.17) is 4.74 Å². The molecular formula is C13H16BrN3O. The van der Waals surface area contributed by atoms with Crippen molar-refractivity contribution in [1.29, 1.82) is 0 Å². The van der Waals surface area contributed by atoms with Crippen molar-refractivity contribution in [3.8, 4) is 5.88 Å². The highest BCUT2D eigenvalue weighted by Gasteiger charge is 2.04. The van der Waals surface area contributed by atoms with Crippen LogP contribution in [0.2, 0.25) is 0 Å². The summed E-state index contributed by atoms with van der Waals surface area (Å²) in [7, 11) is 1.94. The van der Waals surface area contributed by atoms with Crippen LogP contribution in [-0.4, -0.2) is 17.2 Å². The maximum Gasteiger partial charge on any atom is 0.233 e. The lowest BCUT2D eigenvalue weighted by atomic mass is 10.1. The van der Waals surface area contributed by atoms with E-state index >= 15 is 0 Å². The number of aromatic nitrogens is 2. The zero-order valence-electron chi connectivity index (χ0n) is 10.5. The van der Waals surface area contributed by atoms with Crippen LogP contribution in [0.1, 0.15) is 16.8 Å². The molecule has 0 aliphatic rings. The summed E-state index contributed by atoms with van der Waals surface area (Å²) in [4.78, 5) is 0. The monoisotopic (exact) mass is 309 g/mol. The highest BCUT2D eigenvalue weighted by Crippen LogP contribution is 2.20. The van der Waals surface area contributed by atoms with Crippen LogP contribution in [0.4, 0.5) is 0 Å². The van der Waals surface area contributed by atoms with Crippen LogP contribution >= 0.6 is 15.9 Å². The molecule has 0 saturated heterocycles. The fourth-order valence-corrected chi connectivity index (χ4v) is 2.18. The van der Waals surface area contributed by atoms with Gasteiger partial charge in [0, 0.05) is 28.3 Å². The maximum absolute atomic E-state index is 5.61. The number of rotatable bonds is 5. The molecule has 96 valence electrons. The van der Waals surface area contributed by atoms with Crippen LogP contribution in [0.3, 0.4) is 0 Å². The van der Waals surface area contributed by atoms with E-state index in [1.165, 1.54) is 5.56 Å². The number of aryl methyl sites for hydroxylation is 1. The van der Waals surface area contributed by atoms with Gasteiger partial charge in [-0.25, -0.2) is 0 Å². The Morgan fingerprint density at radius 1 is 1.39 bits per heavy atom. The number of hydrogen-bond donors (Lipinski definition) is 2. The standard InChI is InChI=1S/C13H16BrN3O/c1-9-5-13(17-16-9)18-8-11-4-3-10(7-15-2)6-12(11)14/h3-6,15H,7-8H2,1-2H3,(H,16,17). The van der Waals surface area contributed by atoms with Crippen LogP contribution in [0.5, 0.6) is 5.88 Å². The van der Waals surface area contributed by atoms with Crippen LogP contribution in [0.25, 0.3) is 0 Å². The lowest BCUT2D eigenvalue weighted by Gasteiger charge is -2.07. The summed E-state index contributed by atoms with van der Waals surface area (Å²) in [5.74, 6) is 0.624. The number of aromatic amines is 1. The molecule has 0 aliphatic carbocycles. The van der Waals surface area contributed by atoms with Gasteiger partial charge in [0.25, 0.3) is 0 Å². The summed E-state index contributed by atoms with van der Waals surface area (Å²) >= 11 is 3.56. The smallest absolute Gasteiger partial charge is 0.233 e. The van der Waals surface area contributed by atoms with Gasteiger partial charge in [-0.3, -0.25) is 5.10 Å². The first-order chi connectivity index (χ1) is 8.69. The molecule has 1 heterocycles. The second kappa shape index (κ2) is 6.02. The van der Waals surface area contributed by atoms with Crippen molar-refractivity contribution in [3.05, 3.63) is 45.6 Å². The molecule has 2 rings (SSSR count). The second-order valence-corrected chi connectivity index (χ2v) is 4.99. The second-order valence-electron chi connectivity index (χ2n) is 4.13. The molecule has 1 aromatic carbocycles. The molecule has 0 spiro atoms. The minimum atomic E-state index is 0.505. The molecule has 1 aromatic heterocycles. The molecule has 0 unspecified atom stereocenters. The fraction of sp³-hybridized carbons (Fsp3) is 0.308. The Kier molecular flexibility index (Phi) is 4.38. The molecule has 0 amide bonds. The average Bonchev–Trinajstić information content (AvgIpc) is 2.74. The van der Waals surface area contributed by atoms with Crippen molar-refractivity contribution in [2.24, 2.45) is 0 Å². The predicted octanol–water partition coefficient (Wildman–Crippen LogP) is 2.78. The van der Waals surface area contributed by atoms with Crippen molar-refractivity contribution in [2.75, 3.05) is 7.05 Å². The third kappa shape index (κ3) is 3.34. The highest BCUT2D eigenvalue weighted by molar-refractivity contribution is 9.10. The van der Waals surface area contributed by atoms with Crippen molar-refractivity contribution >= 4 is 15.9 Å². The summed E-state index contributed by atoms with van der Waals surface area (Å²) in [6, 6.07) is 8.14. The molecule has 5 heteroatoms. The maximum atomic E-state index is 5.61. The van der Waals surface area contributed by atoms with E-state index in [0.29, 0.717) is 12.5 Å². The van der Waals surface area contributed by atoms with Gasteiger partial charge >= 0.3 is 0 Å². The number of nitrogens with one attached hydrogen (secondary N) is 2. The fourth-order valence-electron chi connectivity index (χ4n) is 1.64. The van der Waals surface area contributed by atoms with Gasteiger partial charge in [0.15, 0.2) is 0 Å². The average molecular weight is 310 g/mol. The molecule has 0 saturated carbocycles. The summed E-state index contributed by atoms with van der Waals surface area (Å²) in [5, 5.41) is 10.0. The molecule has 0 radical (unpaired) electrons. The van der Waals surface area contributed by atoms with E-state index in [1.54, 1.807) is 0 Å². The van der Waals surface area contributed by atoms with Crippen molar-refractivity contribution in [2.45, 2.75) is 20.1 Å². The topological polar surface area (TPSA) is 49.9 Å². The largest absolute Gasteiger partial charge is 0.472 e. The van der Waals surface area contributed by atoms with E-state index in [-0.39, 0.29) is 0 Å².